The molecule has 1 heteroatoms. The number of nitrogens with zero attached hydrogens (tertiary/aromatic N) is 1. The SMILES string of the molecule is c1ccc(-c2ccccc2-c2c3ccccc3c(-c3cccc(-c4cccc5c4c4ccccc4n5-c4ccccc4)c3)c3ccccc23)cc1. The highest BCUT2D eigenvalue weighted by molar-refractivity contribution is 6.23. The quantitative estimate of drug-likeness (QED) is 0.164. The van der Waals surface area contributed by atoms with Crippen molar-refractivity contribution in [2.24, 2.45) is 0 Å². The molecule has 1 aromatic heterocycles. The van der Waals surface area contributed by atoms with Crippen molar-refractivity contribution in [3.63, 3.8) is 0 Å². The first-order chi connectivity index (χ1) is 25.3. The fourth-order valence-electron chi connectivity index (χ4n) is 8.26. The summed E-state index contributed by atoms with van der Waals surface area (Å²) in [6.45, 7) is 0. The van der Waals surface area contributed by atoms with E-state index < -0.39 is 0 Å². The molecule has 0 aliphatic heterocycles. The Morgan fingerprint density at radius 2 is 0.745 bits per heavy atom. The minimum Gasteiger partial charge on any atom is -0.309 e. The van der Waals surface area contributed by atoms with Gasteiger partial charge in [0.1, 0.15) is 0 Å². The van der Waals surface area contributed by atoms with Gasteiger partial charge in [-0.05, 0) is 96.4 Å². The molecule has 0 aliphatic carbocycles. The Morgan fingerprint density at radius 3 is 1.45 bits per heavy atom. The first-order valence-electron chi connectivity index (χ1n) is 17.6. The average molecular weight is 648 g/mol. The maximum atomic E-state index is 2.40. The van der Waals surface area contributed by atoms with Gasteiger partial charge in [-0.1, -0.05) is 170 Å². The molecule has 0 N–H and O–H groups in total. The van der Waals surface area contributed by atoms with Crippen LogP contribution in [0.1, 0.15) is 0 Å². The van der Waals surface area contributed by atoms with Gasteiger partial charge in [0.15, 0.2) is 0 Å². The minimum absolute atomic E-state index is 1.17. The van der Waals surface area contributed by atoms with Crippen molar-refractivity contribution >= 4 is 43.4 Å². The summed E-state index contributed by atoms with van der Waals surface area (Å²) in [5.41, 5.74) is 13.5. The number of aromatic nitrogens is 1. The molecular formula is C50H33N. The van der Waals surface area contributed by atoms with Crippen LogP contribution in [-0.4, -0.2) is 4.57 Å². The van der Waals surface area contributed by atoms with Gasteiger partial charge in [-0.15, -0.1) is 0 Å². The lowest BCUT2D eigenvalue weighted by Crippen LogP contribution is -1.93. The lowest BCUT2D eigenvalue weighted by Gasteiger charge is -2.20. The lowest BCUT2D eigenvalue weighted by molar-refractivity contribution is 1.18. The zero-order valence-corrected chi connectivity index (χ0v) is 28.0. The summed E-state index contributed by atoms with van der Waals surface area (Å²) in [6, 6.07) is 72.9. The molecule has 238 valence electrons. The van der Waals surface area contributed by atoms with Gasteiger partial charge in [0.2, 0.25) is 0 Å². The molecule has 0 spiro atoms. The maximum Gasteiger partial charge on any atom is 0.0547 e. The Balaban J connectivity index is 1.23. The molecule has 0 atom stereocenters. The van der Waals surface area contributed by atoms with Crippen LogP contribution in [0.2, 0.25) is 0 Å². The van der Waals surface area contributed by atoms with E-state index in [0.717, 1.165) is 0 Å². The third-order valence-corrected chi connectivity index (χ3v) is 10.4. The van der Waals surface area contributed by atoms with E-state index in [-0.39, 0.29) is 0 Å². The molecule has 0 bridgehead atoms. The van der Waals surface area contributed by atoms with Crippen LogP contribution in [0.15, 0.2) is 200 Å². The molecule has 1 nitrogen and oxygen atoms in total. The van der Waals surface area contributed by atoms with Gasteiger partial charge in [0, 0.05) is 16.5 Å². The van der Waals surface area contributed by atoms with Gasteiger partial charge in [-0.3, -0.25) is 0 Å². The molecule has 9 aromatic carbocycles. The molecule has 10 aromatic rings. The lowest BCUT2D eigenvalue weighted by atomic mass is 9.83. The van der Waals surface area contributed by atoms with Crippen molar-refractivity contribution in [3.05, 3.63) is 200 Å². The predicted molar refractivity (Wildman–Crippen MR) is 218 cm³/mol. The third kappa shape index (κ3) is 4.70. The van der Waals surface area contributed by atoms with Gasteiger partial charge in [-0.2, -0.15) is 0 Å². The maximum absolute atomic E-state index is 2.40. The third-order valence-electron chi connectivity index (χ3n) is 10.4. The summed E-state index contributed by atoms with van der Waals surface area (Å²) in [5, 5.41) is 7.56. The average Bonchev–Trinajstić information content (AvgIpc) is 3.55. The molecule has 10 rings (SSSR count). The number of fused-ring (bicyclic) bond motifs is 5. The summed E-state index contributed by atoms with van der Waals surface area (Å²) in [4.78, 5) is 0. The van der Waals surface area contributed by atoms with Crippen LogP contribution in [0.3, 0.4) is 0 Å². The van der Waals surface area contributed by atoms with Crippen molar-refractivity contribution in [2.75, 3.05) is 0 Å². The summed E-state index contributed by atoms with van der Waals surface area (Å²) >= 11 is 0. The van der Waals surface area contributed by atoms with Gasteiger partial charge < -0.3 is 4.57 Å². The van der Waals surface area contributed by atoms with Crippen molar-refractivity contribution < 1.29 is 0 Å². The van der Waals surface area contributed by atoms with E-state index in [1.807, 2.05) is 0 Å². The fraction of sp³-hybridized carbons (Fsp3) is 0. The van der Waals surface area contributed by atoms with Crippen LogP contribution in [0.25, 0.3) is 93.5 Å². The largest absolute Gasteiger partial charge is 0.309 e. The Kier molecular flexibility index (Phi) is 6.89. The van der Waals surface area contributed by atoms with Gasteiger partial charge in [0.05, 0.1) is 11.0 Å². The van der Waals surface area contributed by atoms with E-state index in [0.29, 0.717) is 0 Å². The molecule has 0 fully saturated rings. The molecule has 1 heterocycles. The Hall–Kier alpha value is -6.70. The normalized spacial score (nSPS) is 11.5. The standard InChI is InChI=1S/C50H33N/c1-3-17-34(18-4-1)38-23-7-8-24-40(38)49-43-27-11-9-25-41(43)48(42-26-10-12-28-44(42)49)36-20-15-19-35(33-36)39-30-16-32-47-50(39)45-29-13-14-31-46(45)51(47)37-21-5-2-6-22-37/h1-33H. The number of benzene rings is 9. The molecule has 0 aliphatic rings. The zero-order valence-electron chi connectivity index (χ0n) is 28.0. The van der Waals surface area contributed by atoms with Crippen LogP contribution in [0, 0.1) is 0 Å². The topological polar surface area (TPSA) is 4.93 Å². The molecule has 0 saturated heterocycles. The van der Waals surface area contributed by atoms with Gasteiger partial charge in [0.25, 0.3) is 0 Å². The fourth-order valence-corrected chi connectivity index (χ4v) is 8.26. The summed E-state index contributed by atoms with van der Waals surface area (Å²) in [5.74, 6) is 0. The Bertz CT molecular complexity index is 2840. The van der Waals surface area contributed by atoms with Crippen molar-refractivity contribution in [2.45, 2.75) is 0 Å². The summed E-state index contributed by atoms with van der Waals surface area (Å²) < 4.78 is 2.39. The first kappa shape index (κ1) is 29.2. The summed E-state index contributed by atoms with van der Waals surface area (Å²) in [6.07, 6.45) is 0. The van der Waals surface area contributed by atoms with Crippen LogP contribution >= 0.6 is 0 Å². The van der Waals surface area contributed by atoms with Crippen molar-refractivity contribution in [1.29, 1.82) is 0 Å². The highest BCUT2D eigenvalue weighted by atomic mass is 15.0. The van der Waals surface area contributed by atoms with E-state index in [9.17, 15) is 0 Å². The molecule has 0 radical (unpaired) electrons. The second-order valence-corrected chi connectivity index (χ2v) is 13.2. The Morgan fingerprint density at radius 1 is 0.275 bits per heavy atom. The minimum atomic E-state index is 1.17. The number of hydrogen-bond acceptors (Lipinski definition) is 0. The second-order valence-electron chi connectivity index (χ2n) is 13.2. The van der Waals surface area contributed by atoms with E-state index in [2.05, 4.69) is 205 Å². The smallest absolute Gasteiger partial charge is 0.0547 e. The number of rotatable bonds is 5. The number of hydrogen-bond donors (Lipinski definition) is 0. The van der Waals surface area contributed by atoms with Crippen LogP contribution in [0.5, 0.6) is 0 Å². The van der Waals surface area contributed by atoms with E-state index in [1.165, 1.54) is 93.5 Å². The van der Waals surface area contributed by atoms with Crippen LogP contribution in [-0.2, 0) is 0 Å². The predicted octanol–water partition coefficient (Wildman–Crippen LogP) is 13.8. The highest BCUT2D eigenvalue weighted by Gasteiger charge is 2.20. The Labute approximate surface area is 297 Å². The zero-order chi connectivity index (χ0) is 33.7. The van der Waals surface area contributed by atoms with Crippen LogP contribution < -0.4 is 0 Å². The second kappa shape index (κ2) is 12.0. The molecule has 51 heavy (non-hydrogen) atoms. The summed E-state index contributed by atoms with van der Waals surface area (Å²) in [7, 11) is 0. The molecule has 0 unspecified atom stereocenters. The van der Waals surface area contributed by atoms with Crippen molar-refractivity contribution in [3.8, 4) is 50.2 Å². The molecular weight excluding hydrogens is 615 g/mol. The highest BCUT2D eigenvalue weighted by Crippen LogP contribution is 2.47. The van der Waals surface area contributed by atoms with Crippen LogP contribution in [0.4, 0.5) is 0 Å². The number of para-hydroxylation sites is 2. The first-order valence-corrected chi connectivity index (χ1v) is 17.6. The monoisotopic (exact) mass is 647 g/mol. The van der Waals surface area contributed by atoms with E-state index in [1.54, 1.807) is 0 Å². The van der Waals surface area contributed by atoms with Gasteiger partial charge >= 0.3 is 0 Å². The molecule has 0 amide bonds. The van der Waals surface area contributed by atoms with E-state index >= 15 is 0 Å². The van der Waals surface area contributed by atoms with Crippen molar-refractivity contribution in [1.82, 2.24) is 4.57 Å². The molecule has 0 saturated carbocycles. The van der Waals surface area contributed by atoms with Gasteiger partial charge in [-0.25, -0.2) is 0 Å². The van der Waals surface area contributed by atoms with E-state index in [4.69, 9.17) is 0 Å².